The number of piperidine rings is 1. The number of nitrogens with one attached hydrogen (secondary N) is 1. The second-order valence-electron chi connectivity index (χ2n) is 7.23. The standard InChI is InChI=1S/C17H31N3.HI/c1-3-18-17(20-10-4-5-13(2)12-20)19-11-16(14-6-7-14)15-8-9-15;/h13-16H,3-12H2,1-2H3,(H,18,19);1H. The second kappa shape index (κ2) is 8.02. The molecule has 2 aliphatic carbocycles. The Morgan fingerprint density at radius 1 is 1.19 bits per heavy atom. The van der Waals surface area contributed by atoms with E-state index in [2.05, 4.69) is 24.1 Å². The Morgan fingerprint density at radius 2 is 1.86 bits per heavy atom. The van der Waals surface area contributed by atoms with Crippen LogP contribution in [0.25, 0.3) is 0 Å². The Labute approximate surface area is 147 Å². The molecule has 0 aromatic carbocycles. The van der Waals surface area contributed by atoms with Crippen LogP contribution in [-0.2, 0) is 0 Å². The van der Waals surface area contributed by atoms with Gasteiger partial charge in [0.05, 0.1) is 0 Å². The van der Waals surface area contributed by atoms with Crippen molar-refractivity contribution >= 4 is 29.9 Å². The lowest BCUT2D eigenvalue weighted by molar-refractivity contribution is 0.265. The molecule has 1 N–H and O–H groups in total. The summed E-state index contributed by atoms with van der Waals surface area (Å²) in [6.07, 6.45) is 8.56. The molecule has 0 aromatic heterocycles. The van der Waals surface area contributed by atoms with Gasteiger partial charge in [-0.05, 0) is 69.1 Å². The third-order valence-electron chi connectivity index (χ3n) is 5.20. The van der Waals surface area contributed by atoms with Crippen molar-refractivity contribution in [1.82, 2.24) is 10.2 Å². The molecule has 3 rings (SSSR count). The first-order chi connectivity index (χ1) is 9.78. The topological polar surface area (TPSA) is 27.6 Å². The van der Waals surface area contributed by atoms with Crippen molar-refractivity contribution in [3.63, 3.8) is 0 Å². The number of likely N-dealkylation sites (tertiary alicyclic amines) is 1. The van der Waals surface area contributed by atoms with Gasteiger partial charge in [0.25, 0.3) is 0 Å². The van der Waals surface area contributed by atoms with Crippen molar-refractivity contribution in [2.75, 3.05) is 26.2 Å². The van der Waals surface area contributed by atoms with E-state index in [4.69, 9.17) is 4.99 Å². The fourth-order valence-corrected chi connectivity index (χ4v) is 3.73. The summed E-state index contributed by atoms with van der Waals surface area (Å²) < 4.78 is 0. The first-order valence-corrected chi connectivity index (χ1v) is 8.81. The van der Waals surface area contributed by atoms with E-state index in [9.17, 15) is 0 Å². The van der Waals surface area contributed by atoms with Gasteiger partial charge in [0.2, 0.25) is 0 Å². The summed E-state index contributed by atoms with van der Waals surface area (Å²) in [5.41, 5.74) is 0. The predicted octanol–water partition coefficient (Wildman–Crippen LogP) is 3.74. The SMILES string of the molecule is CCNC(=NCC(C1CC1)C1CC1)N1CCCC(C)C1.I. The van der Waals surface area contributed by atoms with Crippen LogP contribution < -0.4 is 5.32 Å². The molecule has 4 heteroatoms. The summed E-state index contributed by atoms with van der Waals surface area (Å²) in [6, 6.07) is 0. The number of rotatable bonds is 5. The normalized spacial score (nSPS) is 26.7. The van der Waals surface area contributed by atoms with Crippen molar-refractivity contribution in [3.05, 3.63) is 0 Å². The molecule has 2 saturated carbocycles. The maximum Gasteiger partial charge on any atom is 0.193 e. The Hall–Kier alpha value is 0. The summed E-state index contributed by atoms with van der Waals surface area (Å²) in [5.74, 6) is 4.91. The summed E-state index contributed by atoms with van der Waals surface area (Å²) in [5, 5.41) is 3.52. The minimum Gasteiger partial charge on any atom is -0.357 e. The number of hydrogen-bond acceptors (Lipinski definition) is 1. The molecule has 0 bridgehead atoms. The zero-order valence-electron chi connectivity index (χ0n) is 13.7. The molecule has 0 amide bonds. The first kappa shape index (κ1) is 17.4. The smallest absolute Gasteiger partial charge is 0.193 e. The van der Waals surface area contributed by atoms with Crippen LogP contribution in [0.15, 0.2) is 4.99 Å². The van der Waals surface area contributed by atoms with E-state index < -0.39 is 0 Å². The van der Waals surface area contributed by atoms with Gasteiger partial charge in [0.15, 0.2) is 5.96 Å². The summed E-state index contributed by atoms with van der Waals surface area (Å²) in [6.45, 7) is 8.98. The van der Waals surface area contributed by atoms with Crippen LogP contribution in [0.4, 0.5) is 0 Å². The Kier molecular flexibility index (Phi) is 6.63. The van der Waals surface area contributed by atoms with Crippen molar-refractivity contribution in [2.24, 2.45) is 28.7 Å². The van der Waals surface area contributed by atoms with Gasteiger partial charge in [0, 0.05) is 26.2 Å². The molecule has 1 heterocycles. The molecule has 3 aliphatic rings. The van der Waals surface area contributed by atoms with E-state index >= 15 is 0 Å². The molecule has 1 saturated heterocycles. The predicted molar refractivity (Wildman–Crippen MR) is 100 cm³/mol. The summed E-state index contributed by atoms with van der Waals surface area (Å²) in [7, 11) is 0. The van der Waals surface area contributed by atoms with Gasteiger partial charge >= 0.3 is 0 Å². The average molecular weight is 405 g/mol. The number of nitrogens with zero attached hydrogens (tertiary/aromatic N) is 2. The highest BCUT2D eigenvalue weighted by molar-refractivity contribution is 14.0. The lowest BCUT2D eigenvalue weighted by Gasteiger charge is -2.33. The Morgan fingerprint density at radius 3 is 2.38 bits per heavy atom. The highest BCUT2D eigenvalue weighted by Crippen LogP contribution is 2.49. The van der Waals surface area contributed by atoms with E-state index in [-0.39, 0.29) is 24.0 Å². The monoisotopic (exact) mass is 405 g/mol. The zero-order valence-corrected chi connectivity index (χ0v) is 16.0. The van der Waals surface area contributed by atoms with Crippen molar-refractivity contribution < 1.29 is 0 Å². The maximum atomic E-state index is 5.03. The Balaban J connectivity index is 0.00000161. The lowest BCUT2D eigenvalue weighted by Crippen LogP contribution is -2.46. The third kappa shape index (κ3) is 5.00. The number of hydrogen-bond donors (Lipinski definition) is 1. The van der Waals surface area contributed by atoms with Gasteiger partial charge in [-0.1, -0.05) is 6.92 Å². The van der Waals surface area contributed by atoms with Gasteiger partial charge in [-0.3, -0.25) is 4.99 Å². The molecule has 1 aliphatic heterocycles. The van der Waals surface area contributed by atoms with Crippen molar-refractivity contribution in [2.45, 2.75) is 52.4 Å². The molecule has 122 valence electrons. The fraction of sp³-hybridized carbons (Fsp3) is 0.941. The minimum atomic E-state index is 0. The van der Waals surface area contributed by atoms with E-state index in [1.807, 2.05) is 0 Å². The maximum absolute atomic E-state index is 5.03. The second-order valence-corrected chi connectivity index (χ2v) is 7.23. The van der Waals surface area contributed by atoms with E-state index in [1.165, 1.54) is 57.6 Å². The largest absolute Gasteiger partial charge is 0.357 e. The zero-order chi connectivity index (χ0) is 13.9. The van der Waals surface area contributed by atoms with E-state index in [0.717, 1.165) is 36.8 Å². The fourth-order valence-electron chi connectivity index (χ4n) is 3.73. The van der Waals surface area contributed by atoms with Crippen LogP contribution in [0.2, 0.25) is 0 Å². The van der Waals surface area contributed by atoms with Crippen molar-refractivity contribution in [3.8, 4) is 0 Å². The molecule has 0 spiro atoms. The van der Waals surface area contributed by atoms with Gasteiger partial charge in [-0.2, -0.15) is 0 Å². The van der Waals surface area contributed by atoms with E-state index in [0.29, 0.717) is 0 Å². The summed E-state index contributed by atoms with van der Waals surface area (Å²) >= 11 is 0. The van der Waals surface area contributed by atoms with Gasteiger partial charge < -0.3 is 10.2 Å². The van der Waals surface area contributed by atoms with Crippen molar-refractivity contribution in [1.29, 1.82) is 0 Å². The van der Waals surface area contributed by atoms with Crippen LogP contribution >= 0.6 is 24.0 Å². The molecule has 21 heavy (non-hydrogen) atoms. The summed E-state index contributed by atoms with van der Waals surface area (Å²) in [4.78, 5) is 7.52. The molecule has 3 nitrogen and oxygen atoms in total. The number of guanidine groups is 1. The van der Waals surface area contributed by atoms with Gasteiger partial charge in [-0.15, -0.1) is 24.0 Å². The van der Waals surface area contributed by atoms with Crippen LogP contribution in [0.1, 0.15) is 52.4 Å². The van der Waals surface area contributed by atoms with Crippen LogP contribution in [-0.4, -0.2) is 37.0 Å². The lowest BCUT2D eigenvalue weighted by atomic mass is 9.98. The number of aliphatic imine (C=N–C) groups is 1. The third-order valence-corrected chi connectivity index (χ3v) is 5.20. The van der Waals surface area contributed by atoms with Crippen LogP contribution in [0, 0.1) is 23.7 Å². The molecular formula is C17H32IN3. The molecular weight excluding hydrogens is 373 g/mol. The molecule has 0 aromatic rings. The van der Waals surface area contributed by atoms with Crippen LogP contribution in [0.5, 0.6) is 0 Å². The quantitative estimate of drug-likeness (QED) is 0.429. The molecule has 1 atom stereocenters. The highest BCUT2D eigenvalue weighted by atomic mass is 127. The number of halogens is 1. The highest BCUT2D eigenvalue weighted by Gasteiger charge is 2.41. The van der Waals surface area contributed by atoms with Gasteiger partial charge in [-0.25, -0.2) is 0 Å². The minimum absolute atomic E-state index is 0. The van der Waals surface area contributed by atoms with Gasteiger partial charge in [0.1, 0.15) is 0 Å². The molecule has 3 fully saturated rings. The first-order valence-electron chi connectivity index (χ1n) is 8.81. The van der Waals surface area contributed by atoms with E-state index in [1.54, 1.807) is 0 Å². The molecule has 1 unspecified atom stereocenters. The average Bonchev–Trinajstić information content (AvgIpc) is 3.31. The molecule has 0 radical (unpaired) electrons. The Bertz CT molecular complexity index is 338. The van der Waals surface area contributed by atoms with Crippen LogP contribution in [0.3, 0.4) is 0 Å².